The van der Waals surface area contributed by atoms with E-state index in [2.05, 4.69) is 0 Å². The Morgan fingerprint density at radius 3 is 2.31 bits per heavy atom. The molecule has 1 aromatic heterocycles. The van der Waals surface area contributed by atoms with Crippen LogP contribution in [-0.4, -0.2) is 120 Å². The predicted molar refractivity (Wildman–Crippen MR) is 136 cm³/mol. The first-order valence-corrected chi connectivity index (χ1v) is 12.5. The lowest BCUT2D eigenvalue weighted by molar-refractivity contribution is -0.319. The molecule has 8 atom stereocenters. The van der Waals surface area contributed by atoms with E-state index >= 15 is 0 Å². The van der Waals surface area contributed by atoms with E-state index in [9.17, 15) is 55.9 Å². The molecule has 2 aliphatic heterocycles. The number of hydrogen-bond donors (Lipinski definition) is 10. The number of ether oxygens (including phenoxy) is 4. The minimum absolute atomic E-state index is 0.0442. The summed E-state index contributed by atoms with van der Waals surface area (Å²) in [6, 6.07) is 5.21. The van der Waals surface area contributed by atoms with Gasteiger partial charge in [0.25, 0.3) is 0 Å². The summed E-state index contributed by atoms with van der Waals surface area (Å²) in [5.41, 5.74) is -3.51. The summed E-state index contributed by atoms with van der Waals surface area (Å²) < 4.78 is 28.0. The van der Waals surface area contributed by atoms with Crippen molar-refractivity contribution < 1.29 is 74.4 Å². The Hall–Kier alpha value is -3.71. The zero-order valence-corrected chi connectivity index (χ0v) is 21.5. The second-order valence-electron chi connectivity index (χ2n) is 9.94. The maximum atomic E-state index is 13.7. The first-order chi connectivity index (χ1) is 19.9. The van der Waals surface area contributed by atoms with Gasteiger partial charge in [-0.1, -0.05) is 0 Å². The molecular weight excluding hydrogens is 568 g/mol. The second-order valence-corrected chi connectivity index (χ2v) is 9.94. The highest BCUT2D eigenvalue weighted by atomic mass is 16.8. The first-order valence-electron chi connectivity index (χ1n) is 12.5. The molecule has 16 nitrogen and oxygen atoms in total. The van der Waals surface area contributed by atoms with Crippen molar-refractivity contribution >= 4 is 11.0 Å². The van der Waals surface area contributed by atoms with E-state index in [4.69, 9.17) is 23.4 Å². The van der Waals surface area contributed by atoms with Crippen molar-refractivity contribution in [1.82, 2.24) is 0 Å². The van der Waals surface area contributed by atoms with Crippen molar-refractivity contribution in [2.45, 2.75) is 48.7 Å². The fourth-order valence-corrected chi connectivity index (χ4v) is 4.71. The third-order valence-electron chi connectivity index (χ3n) is 7.08. The van der Waals surface area contributed by atoms with Gasteiger partial charge in [0.2, 0.25) is 17.5 Å². The Labute approximate surface area is 235 Å². The van der Waals surface area contributed by atoms with Gasteiger partial charge < -0.3 is 74.4 Å². The monoisotopic (exact) mass is 596 g/mol. The molecule has 42 heavy (non-hydrogen) atoms. The Bertz CT molecular complexity index is 1520. The average Bonchev–Trinajstić information content (AvgIpc) is 3.23. The van der Waals surface area contributed by atoms with E-state index in [1.807, 2.05) is 0 Å². The molecule has 2 aromatic carbocycles. The van der Waals surface area contributed by atoms with Crippen molar-refractivity contribution in [3.63, 3.8) is 0 Å². The van der Waals surface area contributed by atoms with Crippen molar-refractivity contribution in [1.29, 1.82) is 0 Å². The molecule has 2 aliphatic rings. The molecule has 2 fully saturated rings. The summed E-state index contributed by atoms with van der Waals surface area (Å²) in [7, 11) is 0. The molecule has 5 rings (SSSR count). The van der Waals surface area contributed by atoms with Gasteiger partial charge in [-0.25, -0.2) is 0 Å². The van der Waals surface area contributed by atoms with Crippen LogP contribution in [-0.2, 0) is 14.2 Å². The van der Waals surface area contributed by atoms with Crippen LogP contribution in [0.4, 0.5) is 0 Å². The predicted octanol–water partition coefficient (Wildman–Crippen LogP) is -2.07. The topological polar surface area (TPSA) is 269 Å². The van der Waals surface area contributed by atoms with E-state index in [1.165, 1.54) is 6.07 Å². The maximum absolute atomic E-state index is 13.7. The zero-order chi connectivity index (χ0) is 30.5. The molecule has 0 bridgehead atoms. The normalized spacial score (nSPS) is 31.4. The highest BCUT2D eigenvalue weighted by molar-refractivity contribution is 5.88. The Kier molecular flexibility index (Phi) is 7.92. The SMILES string of the molecule is O=c1c(O[C@@H]2O[C@H](CO)[C@H](O)[C@H](O)[C@@H]2O[C@@H]2OC[C@](O)(CO)[C@H]2O)c(-c2ccc(O)c(O)c2)oc2cc(O)cc(O)c12. The minimum Gasteiger partial charge on any atom is -0.508 e. The number of fused-ring (bicyclic) bond motifs is 1. The van der Waals surface area contributed by atoms with Crippen molar-refractivity contribution in [2.75, 3.05) is 19.8 Å². The van der Waals surface area contributed by atoms with Crippen molar-refractivity contribution in [2.24, 2.45) is 0 Å². The molecule has 0 saturated carbocycles. The summed E-state index contributed by atoms with van der Waals surface area (Å²) >= 11 is 0. The fourth-order valence-electron chi connectivity index (χ4n) is 4.71. The number of benzene rings is 2. The van der Waals surface area contributed by atoms with Crippen LogP contribution in [0.25, 0.3) is 22.3 Å². The summed E-state index contributed by atoms with van der Waals surface area (Å²) in [4.78, 5) is 13.7. The van der Waals surface area contributed by atoms with Gasteiger partial charge in [-0.15, -0.1) is 0 Å². The van der Waals surface area contributed by atoms with E-state index < -0.39 is 114 Å². The number of aliphatic hydroxyl groups excluding tert-OH is 5. The number of aliphatic hydroxyl groups is 6. The van der Waals surface area contributed by atoms with E-state index in [0.29, 0.717) is 0 Å². The quantitative estimate of drug-likeness (QED) is 0.131. The number of rotatable bonds is 7. The van der Waals surface area contributed by atoms with Crippen LogP contribution in [0.3, 0.4) is 0 Å². The van der Waals surface area contributed by atoms with Crippen LogP contribution in [0.1, 0.15) is 0 Å². The summed E-state index contributed by atoms with van der Waals surface area (Å²) in [6.07, 6.45) is -12.3. The van der Waals surface area contributed by atoms with Gasteiger partial charge in [0.15, 0.2) is 29.7 Å². The fraction of sp³-hybridized carbons (Fsp3) is 0.423. The first kappa shape index (κ1) is 29.8. The molecular formula is C26H28O16. The van der Waals surface area contributed by atoms with Gasteiger partial charge in [0.05, 0.1) is 19.8 Å². The van der Waals surface area contributed by atoms with Crippen LogP contribution < -0.4 is 10.2 Å². The third-order valence-corrected chi connectivity index (χ3v) is 7.08. The number of phenols is 4. The van der Waals surface area contributed by atoms with Crippen LogP contribution in [0.15, 0.2) is 39.5 Å². The lowest BCUT2D eigenvalue weighted by Gasteiger charge is -2.42. The molecule has 16 heteroatoms. The smallest absolute Gasteiger partial charge is 0.239 e. The van der Waals surface area contributed by atoms with E-state index in [-0.39, 0.29) is 11.1 Å². The van der Waals surface area contributed by atoms with Gasteiger partial charge in [0, 0.05) is 17.7 Å². The molecule has 0 aliphatic carbocycles. The van der Waals surface area contributed by atoms with Crippen molar-refractivity contribution in [3.8, 4) is 40.1 Å². The Balaban J connectivity index is 1.62. The number of hydrogen-bond acceptors (Lipinski definition) is 16. The highest BCUT2D eigenvalue weighted by Crippen LogP contribution is 2.40. The Morgan fingerprint density at radius 1 is 0.929 bits per heavy atom. The van der Waals surface area contributed by atoms with E-state index in [1.54, 1.807) is 0 Å². The van der Waals surface area contributed by atoms with Gasteiger partial charge in [-0.05, 0) is 18.2 Å². The van der Waals surface area contributed by atoms with E-state index in [0.717, 1.165) is 24.3 Å². The van der Waals surface area contributed by atoms with Gasteiger partial charge in [-0.2, -0.15) is 0 Å². The zero-order valence-electron chi connectivity index (χ0n) is 21.5. The largest absolute Gasteiger partial charge is 0.508 e. The lowest BCUT2D eigenvalue weighted by atomic mass is 9.98. The molecule has 0 amide bonds. The van der Waals surface area contributed by atoms with Gasteiger partial charge >= 0.3 is 0 Å². The van der Waals surface area contributed by atoms with Gasteiger partial charge in [-0.3, -0.25) is 4.79 Å². The number of aromatic hydroxyl groups is 4. The summed E-state index contributed by atoms with van der Waals surface area (Å²) in [6.45, 7) is -2.31. The maximum Gasteiger partial charge on any atom is 0.239 e. The summed E-state index contributed by atoms with van der Waals surface area (Å²) in [5, 5.41) is 101. The molecule has 3 heterocycles. The van der Waals surface area contributed by atoms with Gasteiger partial charge in [0.1, 0.15) is 52.5 Å². The second kappa shape index (κ2) is 11.2. The van der Waals surface area contributed by atoms with Crippen LogP contribution in [0, 0.1) is 0 Å². The van der Waals surface area contributed by atoms with Crippen LogP contribution >= 0.6 is 0 Å². The molecule has 10 N–H and O–H groups in total. The summed E-state index contributed by atoms with van der Waals surface area (Å²) in [5.74, 6) is -3.39. The molecule has 228 valence electrons. The Morgan fingerprint density at radius 2 is 1.67 bits per heavy atom. The molecule has 0 unspecified atom stereocenters. The van der Waals surface area contributed by atoms with Crippen molar-refractivity contribution in [3.05, 3.63) is 40.6 Å². The highest BCUT2D eigenvalue weighted by Gasteiger charge is 2.53. The molecule has 2 saturated heterocycles. The lowest BCUT2D eigenvalue weighted by Crippen LogP contribution is -2.62. The standard InChI is InChI=1S/C26H28O16/c27-6-15-17(33)19(35)22(42-25-23(36)26(37,7-28)8-38-25)24(40-15)41-21-18(34)16-13(32)4-10(29)5-14(16)39-20(21)9-1-2-11(30)12(31)3-9/h1-5,15,17,19,22-25,27-33,35-37H,6-8H2/t15-,17+,19+,22+,23+,24+,25+,26-/m1/s1. The molecule has 3 aromatic rings. The minimum atomic E-state index is -2.12. The van der Waals surface area contributed by atoms with Crippen LogP contribution in [0.5, 0.6) is 28.7 Å². The molecule has 0 spiro atoms. The van der Waals surface area contributed by atoms with Crippen LogP contribution in [0.2, 0.25) is 0 Å². The third kappa shape index (κ3) is 5.08. The number of phenolic OH excluding ortho intramolecular Hbond substituents is 4. The molecule has 0 radical (unpaired) electrons. The average molecular weight is 596 g/mol.